The van der Waals surface area contributed by atoms with Gasteiger partial charge in [-0.15, -0.1) is 0 Å². The zero-order chi connectivity index (χ0) is 13.2. The Hall–Kier alpha value is -0.540. The van der Waals surface area contributed by atoms with Crippen LogP contribution in [0.5, 0.6) is 0 Å². The first-order chi connectivity index (χ1) is 8.54. The molecule has 1 N–H and O–H groups in total. The maximum Gasteiger partial charge on any atom is 0.0515 e. The van der Waals surface area contributed by atoms with Gasteiger partial charge in [0, 0.05) is 23.1 Å². The lowest BCUT2D eigenvalue weighted by Crippen LogP contribution is -2.38. The van der Waals surface area contributed by atoms with Crippen LogP contribution in [0.15, 0.2) is 22.7 Å². The summed E-state index contributed by atoms with van der Waals surface area (Å²) in [5, 5.41) is 3.36. The standard InChI is InChI=1S/C15H23BrN2/c1-4-17-11-12-6-7-14(13(16)10-12)18-9-5-8-15(18,2)3/h6-7,10,17H,4-5,8-9,11H2,1-3H3. The van der Waals surface area contributed by atoms with Crippen LogP contribution in [-0.2, 0) is 6.54 Å². The monoisotopic (exact) mass is 310 g/mol. The third kappa shape index (κ3) is 2.89. The molecule has 0 amide bonds. The fraction of sp³-hybridized carbons (Fsp3) is 0.600. The lowest BCUT2D eigenvalue weighted by Gasteiger charge is -2.34. The first-order valence-electron chi connectivity index (χ1n) is 6.81. The first kappa shape index (κ1) is 13.9. The Balaban J connectivity index is 2.19. The van der Waals surface area contributed by atoms with Crippen LogP contribution < -0.4 is 10.2 Å². The summed E-state index contributed by atoms with van der Waals surface area (Å²) in [4.78, 5) is 2.52. The summed E-state index contributed by atoms with van der Waals surface area (Å²) >= 11 is 3.73. The Labute approximate surface area is 119 Å². The largest absolute Gasteiger partial charge is 0.366 e. The summed E-state index contributed by atoms with van der Waals surface area (Å²) in [5.41, 5.74) is 2.95. The number of rotatable bonds is 4. The van der Waals surface area contributed by atoms with E-state index >= 15 is 0 Å². The SMILES string of the molecule is CCNCc1ccc(N2CCCC2(C)C)c(Br)c1. The molecule has 2 nitrogen and oxygen atoms in total. The Morgan fingerprint density at radius 3 is 2.72 bits per heavy atom. The number of hydrogen-bond donors (Lipinski definition) is 1. The minimum atomic E-state index is 0.283. The van der Waals surface area contributed by atoms with Gasteiger partial charge >= 0.3 is 0 Å². The third-order valence-corrected chi connectivity index (χ3v) is 4.42. The van der Waals surface area contributed by atoms with E-state index in [0.717, 1.165) is 19.6 Å². The van der Waals surface area contributed by atoms with Gasteiger partial charge in [0.05, 0.1) is 5.69 Å². The molecule has 2 rings (SSSR count). The van der Waals surface area contributed by atoms with Crippen LogP contribution in [0.4, 0.5) is 5.69 Å². The smallest absolute Gasteiger partial charge is 0.0515 e. The van der Waals surface area contributed by atoms with Crippen molar-refractivity contribution < 1.29 is 0 Å². The fourth-order valence-electron chi connectivity index (χ4n) is 2.70. The molecule has 1 saturated heterocycles. The van der Waals surface area contributed by atoms with Gasteiger partial charge in [0.2, 0.25) is 0 Å². The molecule has 1 aromatic carbocycles. The Kier molecular flexibility index (Phi) is 4.33. The highest BCUT2D eigenvalue weighted by molar-refractivity contribution is 9.10. The van der Waals surface area contributed by atoms with E-state index in [1.165, 1.54) is 28.6 Å². The molecule has 1 heterocycles. The molecule has 0 radical (unpaired) electrons. The highest BCUT2D eigenvalue weighted by atomic mass is 79.9. The van der Waals surface area contributed by atoms with Gasteiger partial charge in [-0.25, -0.2) is 0 Å². The summed E-state index contributed by atoms with van der Waals surface area (Å²) in [7, 11) is 0. The van der Waals surface area contributed by atoms with Crippen LogP contribution in [0.25, 0.3) is 0 Å². The van der Waals surface area contributed by atoms with Crippen LogP contribution in [0, 0.1) is 0 Å². The highest BCUT2D eigenvalue weighted by Crippen LogP contribution is 2.37. The molecule has 0 bridgehead atoms. The minimum Gasteiger partial charge on any atom is -0.366 e. The molecule has 100 valence electrons. The predicted octanol–water partition coefficient (Wildman–Crippen LogP) is 3.94. The molecule has 1 fully saturated rings. The van der Waals surface area contributed by atoms with Gasteiger partial charge in [-0.2, -0.15) is 0 Å². The van der Waals surface area contributed by atoms with Gasteiger partial charge in [-0.3, -0.25) is 0 Å². The second-order valence-electron chi connectivity index (χ2n) is 5.63. The second kappa shape index (κ2) is 5.62. The molecule has 0 unspecified atom stereocenters. The maximum atomic E-state index is 3.73. The highest BCUT2D eigenvalue weighted by Gasteiger charge is 2.32. The van der Waals surface area contributed by atoms with E-state index in [9.17, 15) is 0 Å². The molecular formula is C15H23BrN2. The van der Waals surface area contributed by atoms with Crippen LogP contribution in [0.1, 0.15) is 39.2 Å². The molecule has 0 aliphatic carbocycles. The first-order valence-corrected chi connectivity index (χ1v) is 7.60. The summed E-state index contributed by atoms with van der Waals surface area (Å²) in [5.74, 6) is 0. The molecule has 18 heavy (non-hydrogen) atoms. The predicted molar refractivity (Wildman–Crippen MR) is 82.2 cm³/mol. The Bertz CT molecular complexity index is 415. The van der Waals surface area contributed by atoms with Crippen molar-refractivity contribution >= 4 is 21.6 Å². The van der Waals surface area contributed by atoms with Crippen molar-refractivity contribution in [3.05, 3.63) is 28.2 Å². The number of benzene rings is 1. The van der Waals surface area contributed by atoms with Crippen LogP contribution >= 0.6 is 15.9 Å². The average molecular weight is 311 g/mol. The maximum absolute atomic E-state index is 3.73. The van der Waals surface area contributed by atoms with Crippen molar-refractivity contribution in [2.24, 2.45) is 0 Å². The Morgan fingerprint density at radius 2 is 2.17 bits per heavy atom. The zero-order valence-electron chi connectivity index (χ0n) is 11.6. The van der Waals surface area contributed by atoms with Gasteiger partial charge in [0.25, 0.3) is 0 Å². The van der Waals surface area contributed by atoms with Crippen molar-refractivity contribution in [3.63, 3.8) is 0 Å². The van der Waals surface area contributed by atoms with E-state index in [-0.39, 0.29) is 5.54 Å². The number of anilines is 1. The molecule has 0 saturated carbocycles. The molecule has 0 spiro atoms. The molecule has 3 heteroatoms. The topological polar surface area (TPSA) is 15.3 Å². The van der Waals surface area contributed by atoms with Gasteiger partial charge in [-0.05, 0) is 66.9 Å². The lowest BCUT2D eigenvalue weighted by atomic mass is 10.0. The van der Waals surface area contributed by atoms with E-state index in [2.05, 4.69) is 65.1 Å². The van der Waals surface area contributed by atoms with Crippen molar-refractivity contribution in [1.82, 2.24) is 5.32 Å². The summed E-state index contributed by atoms with van der Waals surface area (Å²) in [6, 6.07) is 6.73. The van der Waals surface area contributed by atoms with E-state index in [4.69, 9.17) is 0 Å². The van der Waals surface area contributed by atoms with Gasteiger partial charge in [-0.1, -0.05) is 13.0 Å². The molecule has 1 aliphatic heterocycles. The normalized spacial score (nSPS) is 18.3. The average Bonchev–Trinajstić information content (AvgIpc) is 2.66. The van der Waals surface area contributed by atoms with Gasteiger partial charge < -0.3 is 10.2 Å². The Morgan fingerprint density at radius 1 is 1.39 bits per heavy atom. The summed E-state index contributed by atoms with van der Waals surface area (Å²) < 4.78 is 1.22. The van der Waals surface area contributed by atoms with Gasteiger partial charge in [0.1, 0.15) is 0 Å². The number of hydrogen-bond acceptors (Lipinski definition) is 2. The number of halogens is 1. The van der Waals surface area contributed by atoms with Crippen molar-refractivity contribution in [3.8, 4) is 0 Å². The third-order valence-electron chi connectivity index (χ3n) is 3.78. The van der Waals surface area contributed by atoms with Crippen LogP contribution in [0.2, 0.25) is 0 Å². The van der Waals surface area contributed by atoms with Crippen LogP contribution in [0.3, 0.4) is 0 Å². The minimum absolute atomic E-state index is 0.283. The molecule has 1 aromatic rings. The number of nitrogens with one attached hydrogen (secondary N) is 1. The van der Waals surface area contributed by atoms with Crippen molar-refractivity contribution in [2.75, 3.05) is 18.0 Å². The summed E-state index contributed by atoms with van der Waals surface area (Å²) in [6.07, 6.45) is 2.57. The molecular weight excluding hydrogens is 288 g/mol. The number of nitrogens with zero attached hydrogens (tertiary/aromatic N) is 1. The van der Waals surface area contributed by atoms with E-state index in [1.807, 2.05) is 0 Å². The van der Waals surface area contributed by atoms with Crippen molar-refractivity contribution in [1.29, 1.82) is 0 Å². The van der Waals surface area contributed by atoms with E-state index in [1.54, 1.807) is 0 Å². The fourth-order valence-corrected chi connectivity index (χ4v) is 3.34. The summed E-state index contributed by atoms with van der Waals surface area (Å²) in [6.45, 7) is 9.92. The van der Waals surface area contributed by atoms with Gasteiger partial charge in [0.15, 0.2) is 0 Å². The van der Waals surface area contributed by atoms with Crippen LogP contribution in [-0.4, -0.2) is 18.6 Å². The second-order valence-corrected chi connectivity index (χ2v) is 6.49. The molecule has 0 aromatic heterocycles. The molecule has 1 aliphatic rings. The quantitative estimate of drug-likeness (QED) is 0.906. The lowest BCUT2D eigenvalue weighted by molar-refractivity contribution is 0.517. The van der Waals surface area contributed by atoms with E-state index in [0.29, 0.717) is 0 Å². The van der Waals surface area contributed by atoms with E-state index < -0.39 is 0 Å². The van der Waals surface area contributed by atoms with Crippen molar-refractivity contribution in [2.45, 2.75) is 45.7 Å². The molecule has 0 atom stereocenters. The zero-order valence-corrected chi connectivity index (χ0v) is 13.2.